The summed E-state index contributed by atoms with van der Waals surface area (Å²) < 4.78 is 31.2. The number of hydrogen-bond donors (Lipinski definition) is 2. The minimum absolute atomic E-state index is 0.104. The van der Waals surface area contributed by atoms with E-state index in [1.165, 1.54) is 31.3 Å². The number of ether oxygens (including phenoxy) is 1. The molecule has 1 aliphatic rings. The molecule has 3 rings (SSSR count). The van der Waals surface area contributed by atoms with E-state index in [-0.39, 0.29) is 18.2 Å². The maximum Gasteiger partial charge on any atom is 0.302 e. The van der Waals surface area contributed by atoms with E-state index in [4.69, 9.17) is 4.74 Å². The Hall–Kier alpha value is -3.21. The van der Waals surface area contributed by atoms with Gasteiger partial charge in [0, 0.05) is 30.9 Å². The zero-order valence-electron chi connectivity index (χ0n) is 18.5. The van der Waals surface area contributed by atoms with Crippen LogP contribution in [0.1, 0.15) is 50.4 Å². The second-order valence-corrected chi connectivity index (χ2v) is 8.47. The summed E-state index contributed by atoms with van der Waals surface area (Å²) in [5, 5.41) is 14.0. The lowest BCUT2D eigenvalue weighted by atomic mass is 10.1. The van der Waals surface area contributed by atoms with E-state index in [0.717, 1.165) is 11.8 Å². The molecule has 11 heteroatoms. The van der Waals surface area contributed by atoms with E-state index >= 15 is 0 Å². The normalized spacial score (nSPS) is 14.9. The first-order valence-electron chi connectivity index (χ1n) is 10.0. The van der Waals surface area contributed by atoms with E-state index in [9.17, 15) is 23.6 Å². The number of hydrogen-bond acceptors (Lipinski definition) is 6. The number of aliphatic hydroxyl groups is 1. The molecule has 1 atom stereocenters. The minimum atomic E-state index is -2.98. The zero-order valence-corrected chi connectivity index (χ0v) is 18.5. The molecule has 2 aromatic rings. The largest absolute Gasteiger partial charge is 0.471 e. The Kier molecular flexibility index (Phi) is 6.14. The number of nitroso groups, excluding NO2 is 1. The molecule has 2 N–H and O–H groups in total. The third-order valence-corrected chi connectivity index (χ3v) is 5.02. The van der Waals surface area contributed by atoms with Crippen molar-refractivity contribution < 1.29 is 28.3 Å². The first-order valence-corrected chi connectivity index (χ1v) is 10.0. The number of rotatable bonds is 7. The molecule has 0 saturated heterocycles. The number of carbonyl (C=O) groups is 1. The first-order chi connectivity index (χ1) is 14.8. The zero-order chi connectivity index (χ0) is 23.8. The molecule has 0 aromatic carbocycles. The number of halogens is 2. The topological polar surface area (TPSA) is 108 Å². The predicted octanol–water partition coefficient (Wildman–Crippen LogP) is 3.43. The molecule has 3 heterocycles. The fourth-order valence-corrected chi connectivity index (χ4v) is 3.18. The number of pyridine rings is 2. The van der Waals surface area contributed by atoms with Crippen LogP contribution in [0.4, 0.5) is 20.3 Å². The van der Waals surface area contributed by atoms with Gasteiger partial charge in [-0.25, -0.2) is 18.7 Å². The first kappa shape index (κ1) is 23.5. The van der Waals surface area contributed by atoms with Gasteiger partial charge in [0.1, 0.15) is 24.0 Å². The lowest BCUT2D eigenvalue weighted by Crippen LogP contribution is -2.37. The van der Waals surface area contributed by atoms with Gasteiger partial charge in [-0.05, 0) is 39.3 Å². The van der Waals surface area contributed by atoms with Gasteiger partial charge in [0.15, 0.2) is 11.5 Å². The van der Waals surface area contributed by atoms with Crippen molar-refractivity contribution in [3.05, 3.63) is 46.1 Å². The molecule has 172 valence electrons. The highest BCUT2D eigenvalue weighted by Gasteiger charge is 2.42. The van der Waals surface area contributed by atoms with Crippen LogP contribution in [0.25, 0.3) is 0 Å². The number of hydrazine groups is 1. The highest BCUT2D eigenvalue weighted by atomic mass is 19.3. The number of nitrogens with zero attached hydrogens (tertiary/aromatic N) is 4. The summed E-state index contributed by atoms with van der Waals surface area (Å²) in [5.74, 6) is -3.32. The quantitative estimate of drug-likeness (QED) is 0.622. The van der Waals surface area contributed by atoms with Gasteiger partial charge >= 0.3 is 5.69 Å². The molecule has 0 bridgehead atoms. The summed E-state index contributed by atoms with van der Waals surface area (Å²) >= 11 is 0. The van der Waals surface area contributed by atoms with E-state index < -0.39 is 30.1 Å². The molecule has 1 aliphatic heterocycles. The molecular weight excluding hydrogens is 424 g/mol. The summed E-state index contributed by atoms with van der Waals surface area (Å²) in [4.78, 5) is 34.1. The average Bonchev–Trinajstić information content (AvgIpc) is 3.03. The fraction of sp³-hybridized carbons (Fsp3) is 0.476. The summed E-state index contributed by atoms with van der Waals surface area (Å²) in [7, 11) is 0. The second-order valence-electron chi connectivity index (χ2n) is 8.47. The number of amides is 1. The minimum Gasteiger partial charge on any atom is -0.471 e. The van der Waals surface area contributed by atoms with Crippen LogP contribution in [-0.4, -0.2) is 49.0 Å². The third-order valence-electron chi connectivity index (χ3n) is 5.02. The number of anilines is 1. The Labute approximate surface area is 184 Å². The third kappa shape index (κ3) is 4.98. The molecule has 0 aliphatic carbocycles. The van der Waals surface area contributed by atoms with Gasteiger partial charge in [-0.2, -0.15) is 0 Å². The maximum absolute atomic E-state index is 13.1. The summed E-state index contributed by atoms with van der Waals surface area (Å²) in [6, 6.07) is 2.85. The molecule has 0 fully saturated rings. The van der Waals surface area contributed by atoms with Crippen LogP contribution in [0.2, 0.25) is 0 Å². The number of nitrogens with one attached hydrogen (secondary N) is 1. The summed E-state index contributed by atoms with van der Waals surface area (Å²) in [5.41, 5.74) is 0.478. The van der Waals surface area contributed by atoms with Gasteiger partial charge in [0.2, 0.25) is 5.88 Å². The van der Waals surface area contributed by atoms with Crippen molar-refractivity contribution in [2.45, 2.75) is 58.7 Å². The van der Waals surface area contributed by atoms with Crippen molar-refractivity contribution in [3.8, 4) is 5.88 Å². The van der Waals surface area contributed by atoms with Crippen molar-refractivity contribution in [3.63, 3.8) is 0 Å². The van der Waals surface area contributed by atoms with Crippen molar-refractivity contribution in [1.82, 2.24) is 15.0 Å². The molecular formula is C21H26F2N5O4+. The monoisotopic (exact) mass is 450 g/mol. The van der Waals surface area contributed by atoms with Crippen LogP contribution >= 0.6 is 0 Å². The van der Waals surface area contributed by atoms with Crippen molar-refractivity contribution in [2.75, 3.05) is 11.9 Å². The molecule has 0 spiro atoms. The molecule has 1 unspecified atom stereocenters. The van der Waals surface area contributed by atoms with Crippen LogP contribution < -0.4 is 10.1 Å². The molecule has 0 radical (unpaired) electrons. The van der Waals surface area contributed by atoms with Crippen LogP contribution in [0.15, 0.2) is 24.5 Å². The van der Waals surface area contributed by atoms with Gasteiger partial charge in [0.25, 0.3) is 11.8 Å². The second kappa shape index (κ2) is 8.38. The van der Waals surface area contributed by atoms with Gasteiger partial charge in [-0.15, -0.1) is 5.01 Å². The Morgan fingerprint density at radius 2 is 2.06 bits per heavy atom. The number of fused-ring (bicyclic) bond motifs is 1. The standard InChI is InChI=1S/C21H25F2N5O4/c1-12-8-14(9-25-18(12)32-11-21(5,22)23)13(2)27-10-15-16(28(27)31)6-7-24-17(15)26-19(29)20(3,4)30/h6-9,13,30H,10-11H2,1-5H3/p+1. The highest BCUT2D eigenvalue weighted by Crippen LogP contribution is 2.38. The van der Waals surface area contributed by atoms with E-state index in [2.05, 4.69) is 15.3 Å². The Morgan fingerprint density at radius 1 is 1.38 bits per heavy atom. The number of alkyl halides is 2. The number of aryl methyl sites for hydroxylation is 1. The smallest absolute Gasteiger partial charge is 0.302 e. The Balaban J connectivity index is 1.80. The van der Waals surface area contributed by atoms with E-state index in [1.54, 1.807) is 26.0 Å². The lowest BCUT2D eigenvalue weighted by Gasteiger charge is -2.19. The molecule has 1 amide bonds. The molecule has 32 heavy (non-hydrogen) atoms. The van der Waals surface area contributed by atoms with Crippen LogP contribution in [0, 0.1) is 11.8 Å². The van der Waals surface area contributed by atoms with Gasteiger partial charge in [-0.1, -0.05) is 0 Å². The van der Waals surface area contributed by atoms with Gasteiger partial charge < -0.3 is 15.2 Å². The number of aromatic nitrogens is 2. The lowest BCUT2D eigenvalue weighted by molar-refractivity contribution is -0.644. The van der Waals surface area contributed by atoms with E-state index in [0.29, 0.717) is 22.4 Å². The van der Waals surface area contributed by atoms with E-state index in [1.807, 2.05) is 0 Å². The Bertz CT molecular complexity index is 1050. The maximum atomic E-state index is 13.1. The summed E-state index contributed by atoms with van der Waals surface area (Å²) in [6.45, 7) is 6.34. The molecule has 9 nitrogen and oxygen atoms in total. The van der Waals surface area contributed by atoms with Crippen LogP contribution in [0.3, 0.4) is 0 Å². The van der Waals surface area contributed by atoms with Crippen LogP contribution in [-0.2, 0) is 11.3 Å². The highest BCUT2D eigenvalue weighted by molar-refractivity contribution is 5.96. The SMILES string of the molecule is Cc1cc(C(C)N2Cc3c(ccnc3NC(=O)C(C)(C)O)[N+]2=O)cnc1OCC(C)(F)F. The average molecular weight is 450 g/mol. The van der Waals surface area contributed by atoms with Crippen molar-refractivity contribution in [1.29, 1.82) is 0 Å². The van der Waals surface area contributed by atoms with Crippen molar-refractivity contribution >= 4 is 17.4 Å². The van der Waals surface area contributed by atoms with Crippen LogP contribution in [0.5, 0.6) is 5.88 Å². The fourth-order valence-electron chi connectivity index (χ4n) is 3.18. The summed E-state index contributed by atoms with van der Waals surface area (Å²) in [6.07, 6.45) is 2.88. The van der Waals surface area contributed by atoms with Gasteiger partial charge in [0.05, 0.1) is 10.5 Å². The predicted molar refractivity (Wildman–Crippen MR) is 111 cm³/mol. The van der Waals surface area contributed by atoms with Crippen molar-refractivity contribution in [2.24, 2.45) is 0 Å². The Morgan fingerprint density at radius 3 is 2.66 bits per heavy atom. The molecule has 0 saturated carbocycles. The molecule has 2 aromatic heterocycles. The number of carbonyl (C=O) groups excluding carboxylic acids is 1. The van der Waals surface area contributed by atoms with Gasteiger partial charge in [-0.3, -0.25) is 4.79 Å².